The molecule has 1 aliphatic heterocycles. The van der Waals surface area contributed by atoms with Crippen LogP contribution < -0.4 is 0 Å². The molecule has 1 saturated heterocycles. The molecule has 0 aromatic heterocycles. The maximum Gasteiger partial charge on any atom is 0.306 e. The molecule has 1 heterocycles. The van der Waals surface area contributed by atoms with Gasteiger partial charge in [-0.25, -0.2) is 9.78 Å². The molecule has 33 heavy (non-hydrogen) atoms. The van der Waals surface area contributed by atoms with E-state index in [0.29, 0.717) is 19.8 Å². The summed E-state index contributed by atoms with van der Waals surface area (Å²) in [5.41, 5.74) is 0. The third-order valence-electron chi connectivity index (χ3n) is 6.46. The van der Waals surface area contributed by atoms with Crippen LogP contribution in [0.2, 0.25) is 0 Å². The molecule has 2 fully saturated rings. The van der Waals surface area contributed by atoms with Crippen LogP contribution in [0.3, 0.4) is 0 Å². The van der Waals surface area contributed by atoms with Crippen molar-refractivity contribution in [2.75, 3.05) is 19.8 Å². The van der Waals surface area contributed by atoms with Crippen molar-refractivity contribution in [3.8, 4) is 0 Å². The summed E-state index contributed by atoms with van der Waals surface area (Å²) < 4.78 is 5.04. The van der Waals surface area contributed by atoms with Gasteiger partial charge in [-0.15, -0.1) is 0 Å². The molecule has 0 aromatic rings. The lowest BCUT2D eigenvalue weighted by Gasteiger charge is -2.34. The van der Waals surface area contributed by atoms with Crippen molar-refractivity contribution in [1.29, 1.82) is 0 Å². The van der Waals surface area contributed by atoms with E-state index in [1.54, 1.807) is 0 Å². The van der Waals surface area contributed by atoms with Gasteiger partial charge in [0.05, 0.1) is 32.7 Å². The summed E-state index contributed by atoms with van der Waals surface area (Å²) in [7, 11) is 0. The lowest BCUT2D eigenvalue weighted by atomic mass is 9.97. The van der Waals surface area contributed by atoms with Crippen LogP contribution >= 0.6 is 0 Å². The average molecular weight is 473 g/mol. The quantitative estimate of drug-likeness (QED) is 0.239. The van der Waals surface area contributed by atoms with Crippen molar-refractivity contribution in [3.63, 3.8) is 0 Å². The van der Waals surface area contributed by atoms with Gasteiger partial charge in [0.15, 0.2) is 0 Å². The standard InChI is InChI=1S/C25H44O8/c26-23(27)15-16-24(28)29-19-13-9-6-10-14-22-20-30-32-25(33-31-21-22)17-11-7-4-2-1-3-5-8-12-18-25/h22H,1-21H2,(H,26,27). The minimum Gasteiger partial charge on any atom is -0.481 e. The summed E-state index contributed by atoms with van der Waals surface area (Å²) in [6, 6.07) is 0. The Morgan fingerprint density at radius 3 is 1.88 bits per heavy atom. The Balaban J connectivity index is 1.57. The van der Waals surface area contributed by atoms with Gasteiger partial charge >= 0.3 is 11.9 Å². The number of esters is 1. The smallest absolute Gasteiger partial charge is 0.306 e. The highest BCUT2D eigenvalue weighted by molar-refractivity contribution is 5.76. The van der Waals surface area contributed by atoms with Gasteiger partial charge in [-0.1, -0.05) is 64.2 Å². The topological polar surface area (TPSA) is 101 Å². The molecule has 0 atom stereocenters. The van der Waals surface area contributed by atoms with E-state index in [9.17, 15) is 9.59 Å². The highest BCUT2D eigenvalue weighted by Gasteiger charge is 2.36. The first kappa shape index (κ1) is 28.0. The Labute approximate surface area is 198 Å². The predicted molar refractivity (Wildman–Crippen MR) is 122 cm³/mol. The van der Waals surface area contributed by atoms with Gasteiger partial charge in [0.2, 0.25) is 5.79 Å². The van der Waals surface area contributed by atoms with Crippen LogP contribution in [0.15, 0.2) is 0 Å². The first-order valence-electron chi connectivity index (χ1n) is 13.1. The van der Waals surface area contributed by atoms with Crippen LogP contribution in [-0.4, -0.2) is 42.7 Å². The molecule has 8 heteroatoms. The number of carboxylic acids is 1. The van der Waals surface area contributed by atoms with Gasteiger partial charge in [0.1, 0.15) is 0 Å². The zero-order valence-corrected chi connectivity index (χ0v) is 20.2. The summed E-state index contributed by atoms with van der Waals surface area (Å²) >= 11 is 0. The Morgan fingerprint density at radius 1 is 0.758 bits per heavy atom. The molecule has 1 N–H and O–H groups in total. The van der Waals surface area contributed by atoms with Crippen LogP contribution in [0.4, 0.5) is 0 Å². The molecule has 1 saturated carbocycles. The van der Waals surface area contributed by atoms with E-state index in [1.807, 2.05) is 0 Å². The molecule has 8 nitrogen and oxygen atoms in total. The highest BCUT2D eigenvalue weighted by atomic mass is 17.3. The van der Waals surface area contributed by atoms with Gasteiger partial charge in [-0.2, -0.15) is 9.78 Å². The van der Waals surface area contributed by atoms with Gasteiger partial charge < -0.3 is 9.84 Å². The van der Waals surface area contributed by atoms with Crippen LogP contribution in [0.1, 0.15) is 116 Å². The van der Waals surface area contributed by atoms with Crippen LogP contribution in [-0.2, 0) is 33.9 Å². The van der Waals surface area contributed by atoms with Crippen molar-refractivity contribution in [3.05, 3.63) is 0 Å². The summed E-state index contributed by atoms with van der Waals surface area (Å²) in [5.74, 6) is -1.98. The number of hydrogen-bond acceptors (Lipinski definition) is 7. The maximum atomic E-state index is 11.4. The van der Waals surface area contributed by atoms with Crippen molar-refractivity contribution in [2.24, 2.45) is 5.92 Å². The number of unbranched alkanes of at least 4 members (excludes halogenated alkanes) is 3. The molecule has 0 amide bonds. The van der Waals surface area contributed by atoms with E-state index in [4.69, 9.17) is 29.4 Å². The fraction of sp³-hybridized carbons (Fsp3) is 0.920. The van der Waals surface area contributed by atoms with Crippen molar-refractivity contribution < 1.29 is 39.0 Å². The van der Waals surface area contributed by atoms with E-state index in [1.165, 1.54) is 44.9 Å². The summed E-state index contributed by atoms with van der Waals surface area (Å²) in [6.07, 6.45) is 17.1. The predicted octanol–water partition coefficient (Wildman–Crippen LogP) is 5.87. The summed E-state index contributed by atoms with van der Waals surface area (Å²) in [5, 5.41) is 8.55. The molecule has 2 aliphatic rings. The van der Waals surface area contributed by atoms with Crippen LogP contribution in [0.5, 0.6) is 0 Å². The largest absolute Gasteiger partial charge is 0.481 e. The Hall–Kier alpha value is -1.22. The van der Waals surface area contributed by atoms with Gasteiger partial charge in [0.25, 0.3) is 0 Å². The summed E-state index contributed by atoms with van der Waals surface area (Å²) in [4.78, 5) is 44.8. The normalized spacial score (nSPS) is 21.3. The fourth-order valence-corrected chi connectivity index (χ4v) is 4.38. The first-order valence-corrected chi connectivity index (χ1v) is 13.1. The fourth-order valence-electron chi connectivity index (χ4n) is 4.38. The molecule has 1 aliphatic carbocycles. The van der Waals surface area contributed by atoms with Crippen molar-refractivity contribution in [2.45, 2.75) is 121 Å². The molecule has 0 aromatic carbocycles. The van der Waals surface area contributed by atoms with E-state index in [0.717, 1.165) is 57.8 Å². The van der Waals surface area contributed by atoms with Crippen LogP contribution in [0, 0.1) is 5.92 Å². The minimum absolute atomic E-state index is 0.0670. The van der Waals surface area contributed by atoms with Gasteiger partial charge in [0, 0.05) is 18.8 Å². The Morgan fingerprint density at radius 2 is 1.30 bits per heavy atom. The third-order valence-corrected chi connectivity index (χ3v) is 6.46. The number of carboxylic acid groups (broad SMARTS) is 1. The van der Waals surface area contributed by atoms with E-state index in [-0.39, 0.29) is 18.8 Å². The SMILES string of the molecule is O=C(O)CCC(=O)OCCCCCCC1COOC2(CCCCCCCCCCC2)OOC1. The van der Waals surface area contributed by atoms with E-state index in [2.05, 4.69) is 0 Å². The minimum atomic E-state index is -0.985. The zero-order valence-electron chi connectivity index (χ0n) is 20.2. The third kappa shape index (κ3) is 13.3. The highest BCUT2D eigenvalue weighted by Crippen LogP contribution is 2.32. The molecule has 1 spiro atoms. The van der Waals surface area contributed by atoms with Crippen molar-refractivity contribution >= 4 is 11.9 Å². The summed E-state index contributed by atoms with van der Waals surface area (Å²) in [6.45, 7) is 1.36. The average Bonchev–Trinajstić information content (AvgIpc) is 2.77. The molecular weight excluding hydrogens is 428 g/mol. The van der Waals surface area contributed by atoms with Crippen molar-refractivity contribution in [1.82, 2.24) is 0 Å². The lowest BCUT2D eigenvalue weighted by Crippen LogP contribution is -2.40. The molecular formula is C25H44O8. The number of aliphatic carboxylic acids is 1. The van der Waals surface area contributed by atoms with E-state index < -0.39 is 17.7 Å². The molecule has 2 rings (SSSR count). The second-order valence-electron chi connectivity index (χ2n) is 9.51. The van der Waals surface area contributed by atoms with Crippen LogP contribution in [0.25, 0.3) is 0 Å². The second-order valence-corrected chi connectivity index (χ2v) is 9.51. The second kappa shape index (κ2) is 17.2. The van der Waals surface area contributed by atoms with Gasteiger partial charge in [-0.3, -0.25) is 9.59 Å². The number of rotatable bonds is 10. The molecule has 0 bridgehead atoms. The Bertz CT molecular complexity index is 514. The van der Waals surface area contributed by atoms with E-state index >= 15 is 0 Å². The maximum absolute atomic E-state index is 11.4. The molecule has 192 valence electrons. The first-order chi connectivity index (χ1) is 16.1. The number of carbonyl (C=O) groups excluding carboxylic acids is 1. The molecule has 0 radical (unpaired) electrons. The molecule has 0 unspecified atom stereocenters. The number of ether oxygens (including phenoxy) is 1. The number of hydrogen-bond donors (Lipinski definition) is 1. The number of carbonyl (C=O) groups is 2. The monoisotopic (exact) mass is 472 g/mol. The lowest BCUT2D eigenvalue weighted by molar-refractivity contribution is -0.531. The zero-order chi connectivity index (χ0) is 23.6. The van der Waals surface area contributed by atoms with Gasteiger partial charge in [-0.05, 0) is 25.7 Å². The Kier molecular flexibility index (Phi) is 14.6.